The Bertz CT molecular complexity index is 787. The largest absolute Gasteiger partial charge is 0.491 e. The third kappa shape index (κ3) is 5.88. The number of nitrogens with one attached hydrogen (secondary N) is 2. The number of carbonyl (C=O) groups is 2. The number of amides is 2. The highest BCUT2D eigenvalue weighted by Crippen LogP contribution is 2.18. The third-order valence-electron chi connectivity index (χ3n) is 3.81. The van der Waals surface area contributed by atoms with Crippen molar-refractivity contribution in [3.05, 3.63) is 72.3 Å². The van der Waals surface area contributed by atoms with Crippen molar-refractivity contribution in [1.29, 1.82) is 0 Å². The summed E-state index contributed by atoms with van der Waals surface area (Å²) < 4.78 is 11.1. The molecule has 2 aromatic rings. The Morgan fingerprint density at radius 3 is 2.41 bits per heavy atom. The van der Waals surface area contributed by atoms with E-state index in [0.717, 1.165) is 6.42 Å². The van der Waals surface area contributed by atoms with E-state index in [1.165, 1.54) is 0 Å². The SMILES string of the molecule is C=CCOc1ccccc1C(=O)NNC(=O)c1ccc(OC(C)CC)cc1. The summed E-state index contributed by atoms with van der Waals surface area (Å²) in [4.78, 5) is 24.5. The zero-order chi connectivity index (χ0) is 19.6. The Morgan fingerprint density at radius 2 is 1.74 bits per heavy atom. The number of hydrogen-bond donors (Lipinski definition) is 2. The molecule has 0 aliphatic rings. The minimum atomic E-state index is -0.472. The number of para-hydroxylation sites is 1. The first-order valence-electron chi connectivity index (χ1n) is 8.75. The molecule has 0 aromatic heterocycles. The van der Waals surface area contributed by atoms with E-state index in [9.17, 15) is 9.59 Å². The van der Waals surface area contributed by atoms with E-state index in [0.29, 0.717) is 22.6 Å². The van der Waals surface area contributed by atoms with Crippen LogP contribution >= 0.6 is 0 Å². The van der Waals surface area contributed by atoms with Gasteiger partial charge in [-0.15, -0.1) is 0 Å². The van der Waals surface area contributed by atoms with Gasteiger partial charge in [-0.3, -0.25) is 20.4 Å². The molecule has 0 radical (unpaired) electrons. The van der Waals surface area contributed by atoms with Crippen molar-refractivity contribution in [3.8, 4) is 11.5 Å². The Labute approximate surface area is 159 Å². The van der Waals surface area contributed by atoms with Crippen LogP contribution in [-0.4, -0.2) is 24.5 Å². The standard InChI is InChI=1S/C21H24N2O4/c1-4-14-26-19-9-7-6-8-18(19)21(25)23-22-20(24)16-10-12-17(13-11-16)27-15(3)5-2/h4,6-13,15H,1,5,14H2,2-3H3,(H,22,24)(H,23,25). The molecule has 0 heterocycles. The van der Waals surface area contributed by atoms with E-state index < -0.39 is 11.8 Å². The Hall–Kier alpha value is -3.28. The topological polar surface area (TPSA) is 76.7 Å². The van der Waals surface area contributed by atoms with Crippen LogP contribution in [0.4, 0.5) is 0 Å². The van der Waals surface area contributed by atoms with Gasteiger partial charge < -0.3 is 9.47 Å². The lowest BCUT2D eigenvalue weighted by atomic mass is 10.2. The van der Waals surface area contributed by atoms with Crippen LogP contribution in [0, 0.1) is 0 Å². The predicted octanol–water partition coefficient (Wildman–Crippen LogP) is 3.50. The van der Waals surface area contributed by atoms with E-state index in [1.807, 2.05) is 13.8 Å². The molecule has 0 saturated carbocycles. The second-order valence-electron chi connectivity index (χ2n) is 5.87. The van der Waals surface area contributed by atoms with E-state index >= 15 is 0 Å². The summed E-state index contributed by atoms with van der Waals surface area (Å²) in [6, 6.07) is 13.5. The molecule has 0 bridgehead atoms. The first-order chi connectivity index (χ1) is 13.0. The van der Waals surface area contributed by atoms with E-state index in [1.54, 1.807) is 54.6 Å². The molecular weight excluding hydrogens is 344 g/mol. The van der Waals surface area contributed by atoms with Crippen LogP contribution in [0.1, 0.15) is 41.0 Å². The van der Waals surface area contributed by atoms with Gasteiger partial charge in [0.2, 0.25) is 0 Å². The van der Waals surface area contributed by atoms with Gasteiger partial charge in [-0.2, -0.15) is 0 Å². The van der Waals surface area contributed by atoms with Gasteiger partial charge in [0.25, 0.3) is 11.8 Å². The van der Waals surface area contributed by atoms with Gasteiger partial charge in [-0.1, -0.05) is 31.7 Å². The van der Waals surface area contributed by atoms with Gasteiger partial charge in [-0.05, 0) is 49.7 Å². The maximum absolute atomic E-state index is 12.3. The van der Waals surface area contributed by atoms with Crippen molar-refractivity contribution in [2.45, 2.75) is 26.4 Å². The molecule has 0 fully saturated rings. The van der Waals surface area contributed by atoms with Crippen molar-refractivity contribution in [2.75, 3.05) is 6.61 Å². The molecule has 2 aromatic carbocycles. The fraction of sp³-hybridized carbons (Fsp3) is 0.238. The molecule has 2 rings (SSSR count). The number of hydrazine groups is 1. The highest BCUT2D eigenvalue weighted by molar-refractivity contribution is 6.00. The van der Waals surface area contributed by atoms with Crippen molar-refractivity contribution >= 4 is 11.8 Å². The van der Waals surface area contributed by atoms with Gasteiger partial charge in [0.05, 0.1) is 11.7 Å². The van der Waals surface area contributed by atoms with Crippen LogP contribution in [0.15, 0.2) is 61.2 Å². The molecule has 1 atom stereocenters. The summed E-state index contributed by atoms with van der Waals surface area (Å²) in [6.07, 6.45) is 2.59. The number of rotatable bonds is 8. The van der Waals surface area contributed by atoms with Gasteiger partial charge in [0, 0.05) is 5.56 Å². The molecule has 6 nitrogen and oxygen atoms in total. The Morgan fingerprint density at radius 1 is 1.07 bits per heavy atom. The highest BCUT2D eigenvalue weighted by atomic mass is 16.5. The summed E-state index contributed by atoms with van der Waals surface area (Å²) in [5.74, 6) is 0.205. The smallest absolute Gasteiger partial charge is 0.273 e. The van der Waals surface area contributed by atoms with Crippen molar-refractivity contribution in [3.63, 3.8) is 0 Å². The summed E-state index contributed by atoms with van der Waals surface area (Å²) in [6.45, 7) is 7.87. The first-order valence-corrected chi connectivity index (χ1v) is 8.75. The molecule has 0 saturated heterocycles. The molecule has 142 valence electrons. The number of ether oxygens (including phenoxy) is 2. The molecule has 0 spiro atoms. The van der Waals surface area contributed by atoms with E-state index in [-0.39, 0.29) is 12.7 Å². The van der Waals surface area contributed by atoms with Crippen LogP contribution in [-0.2, 0) is 0 Å². The van der Waals surface area contributed by atoms with Crippen molar-refractivity contribution in [1.82, 2.24) is 10.9 Å². The highest BCUT2D eigenvalue weighted by Gasteiger charge is 2.13. The third-order valence-corrected chi connectivity index (χ3v) is 3.81. The minimum Gasteiger partial charge on any atom is -0.491 e. The zero-order valence-corrected chi connectivity index (χ0v) is 15.5. The maximum Gasteiger partial charge on any atom is 0.273 e. The van der Waals surface area contributed by atoms with Crippen molar-refractivity contribution < 1.29 is 19.1 Å². The fourth-order valence-electron chi connectivity index (χ4n) is 2.18. The molecule has 1 unspecified atom stereocenters. The quantitative estimate of drug-likeness (QED) is 0.552. The van der Waals surface area contributed by atoms with Crippen LogP contribution in [0.2, 0.25) is 0 Å². The first kappa shape index (κ1) is 20.0. The molecule has 27 heavy (non-hydrogen) atoms. The zero-order valence-electron chi connectivity index (χ0n) is 15.5. The van der Waals surface area contributed by atoms with Crippen molar-refractivity contribution in [2.24, 2.45) is 0 Å². The summed E-state index contributed by atoms with van der Waals surface area (Å²) in [5, 5.41) is 0. The summed E-state index contributed by atoms with van der Waals surface area (Å²) in [7, 11) is 0. The predicted molar refractivity (Wildman–Crippen MR) is 104 cm³/mol. The van der Waals surface area contributed by atoms with Gasteiger partial charge in [-0.25, -0.2) is 0 Å². The van der Waals surface area contributed by atoms with Gasteiger partial charge >= 0.3 is 0 Å². The molecule has 0 aliphatic carbocycles. The minimum absolute atomic E-state index is 0.104. The molecule has 0 aliphatic heterocycles. The molecular formula is C21H24N2O4. The fourth-order valence-corrected chi connectivity index (χ4v) is 2.18. The average Bonchev–Trinajstić information content (AvgIpc) is 2.70. The van der Waals surface area contributed by atoms with Crippen LogP contribution in [0.5, 0.6) is 11.5 Å². The molecule has 6 heteroatoms. The second-order valence-corrected chi connectivity index (χ2v) is 5.87. The average molecular weight is 368 g/mol. The lowest BCUT2D eigenvalue weighted by Gasteiger charge is -2.13. The lowest BCUT2D eigenvalue weighted by Crippen LogP contribution is -2.41. The second kappa shape index (κ2) is 10.0. The van der Waals surface area contributed by atoms with E-state index in [2.05, 4.69) is 17.4 Å². The van der Waals surface area contributed by atoms with Crippen LogP contribution < -0.4 is 20.3 Å². The van der Waals surface area contributed by atoms with Crippen LogP contribution in [0.3, 0.4) is 0 Å². The normalized spacial score (nSPS) is 11.2. The monoisotopic (exact) mass is 368 g/mol. The summed E-state index contributed by atoms with van der Waals surface area (Å²) in [5.41, 5.74) is 5.51. The number of carbonyl (C=O) groups excluding carboxylic acids is 2. The molecule has 2 N–H and O–H groups in total. The number of benzene rings is 2. The van der Waals surface area contributed by atoms with E-state index in [4.69, 9.17) is 9.47 Å². The summed E-state index contributed by atoms with van der Waals surface area (Å²) >= 11 is 0. The molecule has 2 amide bonds. The number of hydrogen-bond acceptors (Lipinski definition) is 4. The van der Waals surface area contributed by atoms with Gasteiger partial charge in [0.1, 0.15) is 18.1 Å². The maximum atomic E-state index is 12.3. The Kier molecular flexibility index (Phi) is 7.43. The van der Waals surface area contributed by atoms with Gasteiger partial charge in [0.15, 0.2) is 0 Å². The lowest BCUT2D eigenvalue weighted by molar-refractivity contribution is 0.0844. The Balaban J connectivity index is 1.95. The van der Waals surface area contributed by atoms with Crippen LogP contribution in [0.25, 0.3) is 0 Å².